The molecule has 0 bridgehead atoms. The molecule has 138 valence electrons. The van der Waals surface area contributed by atoms with Gasteiger partial charge in [-0.15, -0.1) is 0 Å². The minimum absolute atomic E-state index is 0.0878. The van der Waals surface area contributed by atoms with Crippen molar-refractivity contribution in [3.8, 4) is 0 Å². The number of benzene rings is 2. The van der Waals surface area contributed by atoms with Gasteiger partial charge >= 0.3 is 0 Å². The molecule has 0 radical (unpaired) electrons. The predicted octanol–water partition coefficient (Wildman–Crippen LogP) is 1.78. The maximum absolute atomic E-state index is 12.9. The summed E-state index contributed by atoms with van der Waals surface area (Å²) in [5.74, 6) is -1.34. The van der Waals surface area contributed by atoms with Crippen molar-refractivity contribution in [2.45, 2.75) is 0 Å². The number of anilines is 1. The van der Waals surface area contributed by atoms with E-state index in [2.05, 4.69) is 10.4 Å². The van der Waals surface area contributed by atoms with Crippen molar-refractivity contribution >= 4 is 28.3 Å². The molecule has 1 aromatic heterocycles. The van der Waals surface area contributed by atoms with Crippen LogP contribution in [0.15, 0.2) is 53.3 Å². The number of nitrogens with one attached hydrogen (secondary N) is 1. The van der Waals surface area contributed by atoms with E-state index < -0.39 is 17.6 Å². The first-order valence-corrected chi connectivity index (χ1v) is 8.14. The Morgan fingerprint density at radius 3 is 2.41 bits per heavy atom. The standard InChI is InChI=1S/C19H17FN4O3/c1-23(11-16(25)21-13-9-7-12(20)8-10-13)19(27)17-14-5-3-4-6-15(14)18(26)24(2)22-17/h3-10H,11H2,1-2H3,(H,21,25). The van der Waals surface area contributed by atoms with Gasteiger partial charge in [-0.05, 0) is 30.3 Å². The van der Waals surface area contributed by atoms with E-state index in [4.69, 9.17) is 0 Å². The van der Waals surface area contributed by atoms with Gasteiger partial charge < -0.3 is 10.2 Å². The van der Waals surface area contributed by atoms with Gasteiger partial charge in [0.2, 0.25) is 5.91 Å². The molecule has 0 aliphatic carbocycles. The maximum atomic E-state index is 12.9. The zero-order chi connectivity index (χ0) is 19.6. The minimum Gasteiger partial charge on any atom is -0.331 e. The Morgan fingerprint density at radius 1 is 1.11 bits per heavy atom. The molecule has 8 heteroatoms. The Hall–Kier alpha value is -3.55. The first-order valence-electron chi connectivity index (χ1n) is 8.14. The summed E-state index contributed by atoms with van der Waals surface area (Å²) in [4.78, 5) is 38.3. The average Bonchev–Trinajstić information content (AvgIpc) is 2.66. The summed E-state index contributed by atoms with van der Waals surface area (Å²) in [5, 5.41) is 7.46. The second kappa shape index (κ2) is 7.36. The molecule has 1 N–H and O–H groups in total. The first-order chi connectivity index (χ1) is 12.9. The number of carbonyl (C=O) groups is 2. The second-order valence-electron chi connectivity index (χ2n) is 6.04. The number of rotatable bonds is 4. The third-order valence-corrected chi connectivity index (χ3v) is 4.01. The van der Waals surface area contributed by atoms with E-state index in [1.165, 1.54) is 43.3 Å². The van der Waals surface area contributed by atoms with Gasteiger partial charge in [-0.2, -0.15) is 5.10 Å². The van der Waals surface area contributed by atoms with E-state index >= 15 is 0 Å². The van der Waals surface area contributed by atoms with Crippen LogP contribution < -0.4 is 10.9 Å². The zero-order valence-electron chi connectivity index (χ0n) is 14.8. The third-order valence-electron chi connectivity index (χ3n) is 4.01. The Morgan fingerprint density at radius 2 is 1.74 bits per heavy atom. The molecule has 0 spiro atoms. The van der Waals surface area contributed by atoms with Crippen LogP contribution in [0.25, 0.3) is 10.8 Å². The van der Waals surface area contributed by atoms with Gasteiger partial charge in [-0.1, -0.05) is 18.2 Å². The van der Waals surface area contributed by atoms with Crippen molar-refractivity contribution < 1.29 is 14.0 Å². The van der Waals surface area contributed by atoms with Crippen LogP contribution in [0.2, 0.25) is 0 Å². The molecular weight excluding hydrogens is 351 g/mol. The summed E-state index contributed by atoms with van der Waals surface area (Å²) >= 11 is 0. The first kappa shape index (κ1) is 18.2. The molecule has 0 saturated heterocycles. The molecular formula is C19H17FN4O3. The molecule has 1 heterocycles. The van der Waals surface area contributed by atoms with E-state index in [0.717, 1.165) is 4.68 Å². The number of aryl methyl sites for hydroxylation is 1. The van der Waals surface area contributed by atoms with Gasteiger partial charge in [-0.3, -0.25) is 14.4 Å². The quantitative estimate of drug-likeness (QED) is 0.761. The highest BCUT2D eigenvalue weighted by Crippen LogP contribution is 2.15. The Labute approximate surface area is 154 Å². The van der Waals surface area contributed by atoms with Crippen LogP contribution in [-0.4, -0.2) is 40.1 Å². The molecule has 27 heavy (non-hydrogen) atoms. The molecule has 3 rings (SSSR count). The molecule has 2 aromatic carbocycles. The fourth-order valence-electron chi connectivity index (χ4n) is 2.66. The fraction of sp³-hybridized carbons (Fsp3) is 0.158. The number of nitrogens with zero attached hydrogens (tertiary/aromatic N) is 3. The van der Waals surface area contributed by atoms with E-state index in [-0.39, 0.29) is 17.8 Å². The molecule has 0 aliphatic heterocycles. The summed E-state index contributed by atoms with van der Waals surface area (Å²) in [6, 6.07) is 12.0. The largest absolute Gasteiger partial charge is 0.331 e. The van der Waals surface area contributed by atoms with Gasteiger partial charge in [0.05, 0.1) is 11.9 Å². The Balaban J connectivity index is 1.80. The maximum Gasteiger partial charge on any atom is 0.275 e. The van der Waals surface area contributed by atoms with Crippen LogP contribution >= 0.6 is 0 Å². The number of aromatic nitrogens is 2. The van der Waals surface area contributed by atoms with Crippen molar-refractivity contribution in [1.29, 1.82) is 0 Å². The molecule has 0 aliphatic rings. The van der Waals surface area contributed by atoms with E-state index in [1.807, 2.05) is 0 Å². The smallest absolute Gasteiger partial charge is 0.275 e. The number of fused-ring (bicyclic) bond motifs is 1. The zero-order valence-corrected chi connectivity index (χ0v) is 14.8. The third kappa shape index (κ3) is 3.84. The van der Waals surface area contributed by atoms with Crippen molar-refractivity contribution in [1.82, 2.24) is 14.7 Å². The van der Waals surface area contributed by atoms with E-state index in [0.29, 0.717) is 16.5 Å². The monoisotopic (exact) mass is 368 g/mol. The molecule has 7 nitrogen and oxygen atoms in total. The summed E-state index contributed by atoms with van der Waals surface area (Å²) in [6.07, 6.45) is 0. The lowest BCUT2D eigenvalue weighted by Crippen LogP contribution is -2.36. The van der Waals surface area contributed by atoms with E-state index in [1.54, 1.807) is 24.3 Å². The lowest BCUT2D eigenvalue weighted by Gasteiger charge is -2.17. The summed E-state index contributed by atoms with van der Waals surface area (Å²) in [5.41, 5.74) is 0.205. The van der Waals surface area contributed by atoms with Crippen LogP contribution in [0.4, 0.5) is 10.1 Å². The predicted molar refractivity (Wildman–Crippen MR) is 99.0 cm³/mol. The number of amides is 2. The molecule has 3 aromatic rings. The summed E-state index contributed by atoms with van der Waals surface area (Å²) in [7, 11) is 2.93. The van der Waals surface area contributed by atoms with Crippen LogP contribution in [0.3, 0.4) is 0 Å². The topological polar surface area (TPSA) is 84.3 Å². The van der Waals surface area contributed by atoms with Crippen LogP contribution in [0.5, 0.6) is 0 Å². The van der Waals surface area contributed by atoms with Gasteiger partial charge in [0.25, 0.3) is 11.5 Å². The number of halogens is 1. The highest BCUT2D eigenvalue weighted by atomic mass is 19.1. The highest BCUT2D eigenvalue weighted by molar-refractivity contribution is 6.06. The van der Waals surface area contributed by atoms with Crippen LogP contribution in [0, 0.1) is 5.82 Å². The molecule has 0 unspecified atom stereocenters. The van der Waals surface area contributed by atoms with Gasteiger partial charge in [-0.25, -0.2) is 9.07 Å². The SMILES string of the molecule is CN(CC(=O)Nc1ccc(F)cc1)C(=O)c1nn(C)c(=O)c2ccccc12. The normalized spacial score (nSPS) is 10.6. The van der Waals surface area contributed by atoms with Gasteiger partial charge in [0.1, 0.15) is 5.82 Å². The van der Waals surface area contributed by atoms with Crippen molar-refractivity contribution in [3.05, 3.63) is 70.4 Å². The van der Waals surface area contributed by atoms with Gasteiger partial charge in [0, 0.05) is 25.2 Å². The number of likely N-dealkylation sites (N-methyl/N-ethyl adjacent to an activating group) is 1. The second-order valence-corrected chi connectivity index (χ2v) is 6.04. The fourth-order valence-corrected chi connectivity index (χ4v) is 2.66. The molecule has 0 fully saturated rings. The number of carbonyl (C=O) groups excluding carboxylic acids is 2. The molecule has 0 atom stereocenters. The summed E-state index contributed by atoms with van der Waals surface area (Å²) in [6.45, 7) is -0.227. The lowest BCUT2D eigenvalue weighted by molar-refractivity contribution is -0.116. The molecule has 0 saturated carbocycles. The van der Waals surface area contributed by atoms with Crippen molar-refractivity contribution in [3.63, 3.8) is 0 Å². The number of hydrogen-bond donors (Lipinski definition) is 1. The van der Waals surface area contributed by atoms with Crippen LogP contribution in [-0.2, 0) is 11.8 Å². The highest BCUT2D eigenvalue weighted by Gasteiger charge is 2.20. The Bertz CT molecular complexity index is 1080. The minimum atomic E-state index is -0.490. The van der Waals surface area contributed by atoms with Gasteiger partial charge in [0.15, 0.2) is 5.69 Å². The van der Waals surface area contributed by atoms with Crippen LogP contribution in [0.1, 0.15) is 10.5 Å². The lowest BCUT2D eigenvalue weighted by atomic mass is 10.1. The Kier molecular flexibility index (Phi) is 4.98. The van der Waals surface area contributed by atoms with Crippen molar-refractivity contribution in [2.75, 3.05) is 18.9 Å². The van der Waals surface area contributed by atoms with Crippen molar-refractivity contribution in [2.24, 2.45) is 7.05 Å². The van der Waals surface area contributed by atoms with E-state index in [9.17, 15) is 18.8 Å². The number of hydrogen-bond acceptors (Lipinski definition) is 4. The average molecular weight is 368 g/mol. The molecule has 2 amide bonds. The summed E-state index contributed by atoms with van der Waals surface area (Å²) < 4.78 is 14.0.